The molecule has 160 valence electrons. The van der Waals surface area contributed by atoms with Gasteiger partial charge in [0.2, 0.25) is 0 Å². The van der Waals surface area contributed by atoms with Crippen LogP contribution in [0.1, 0.15) is 21.6 Å². The molecule has 1 aromatic heterocycles. The highest BCUT2D eigenvalue weighted by Gasteiger charge is 2.27. The maximum Gasteiger partial charge on any atom is 0.254 e. The zero-order valence-corrected chi connectivity index (χ0v) is 18.3. The van der Waals surface area contributed by atoms with Crippen molar-refractivity contribution in [2.45, 2.75) is 13.0 Å². The van der Waals surface area contributed by atoms with Crippen molar-refractivity contribution in [3.05, 3.63) is 65.4 Å². The maximum atomic E-state index is 13.3. The number of amides is 1. The number of carbonyl (C=O) groups excluding carboxylic acids is 1. The van der Waals surface area contributed by atoms with Gasteiger partial charge in [-0.05, 0) is 12.1 Å². The summed E-state index contributed by atoms with van der Waals surface area (Å²) in [5, 5.41) is 0. The number of nitrogens with zero attached hydrogens (tertiary/aromatic N) is 4. The van der Waals surface area contributed by atoms with E-state index in [0.29, 0.717) is 42.4 Å². The molecule has 1 aliphatic rings. The van der Waals surface area contributed by atoms with E-state index in [0.717, 1.165) is 22.6 Å². The zero-order valence-electron chi connectivity index (χ0n) is 18.3. The molecule has 0 saturated carbocycles. The average Bonchev–Trinajstić information content (AvgIpc) is 2.82. The Kier molecular flexibility index (Phi) is 5.75. The van der Waals surface area contributed by atoms with Crippen molar-refractivity contribution >= 4 is 11.7 Å². The largest absolute Gasteiger partial charge is 0.497 e. The van der Waals surface area contributed by atoms with Gasteiger partial charge in [0.05, 0.1) is 26.5 Å². The molecular weight excluding hydrogens is 392 g/mol. The summed E-state index contributed by atoms with van der Waals surface area (Å²) in [6.07, 6.45) is 0.672. The van der Waals surface area contributed by atoms with Crippen molar-refractivity contribution in [1.82, 2.24) is 14.9 Å². The summed E-state index contributed by atoms with van der Waals surface area (Å²) in [5.41, 5.74) is 3.49. The van der Waals surface area contributed by atoms with Crippen molar-refractivity contribution in [3.63, 3.8) is 0 Å². The molecule has 31 heavy (non-hydrogen) atoms. The van der Waals surface area contributed by atoms with Crippen molar-refractivity contribution < 1.29 is 14.3 Å². The molecule has 2 heterocycles. The number of benzene rings is 2. The first-order valence-corrected chi connectivity index (χ1v) is 10.1. The summed E-state index contributed by atoms with van der Waals surface area (Å²) < 4.78 is 10.6. The molecule has 0 atom stereocenters. The Hall–Kier alpha value is -3.61. The third-order valence-electron chi connectivity index (χ3n) is 5.38. The summed E-state index contributed by atoms with van der Waals surface area (Å²) in [6, 6.07) is 15.2. The first-order valence-electron chi connectivity index (χ1n) is 10.1. The van der Waals surface area contributed by atoms with Crippen LogP contribution in [0.5, 0.6) is 11.5 Å². The summed E-state index contributed by atoms with van der Waals surface area (Å²) >= 11 is 0. The van der Waals surface area contributed by atoms with Crippen LogP contribution in [0.2, 0.25) is 0 Å². The minimum Gasteiger partial charge on any atom is -0.497 e. The van der Waals surface area contributed by atoms with Crippen LogP contribution in [0, 0.1) is 0 Å². The number of hydrogen-bond donors (Lipinski definition) is 0. The molecule has 0 aliphatic carbocycles. The minimum absolute atomic E-state index is 0.0697. The molecule has 0 spiro atoms. The van der Waals surface area contributed by atoms with E-state index in [1.807, 2.05) is 54.2 Å². The molecular formula is C24H26N4O3. The molecule has 1 aliphatic heterocycles. The molecule has 0 N–H and O–H groups in total. The van der Waals surface area contributed by atoms with Crippen LogP contribution in [-0.2, 0) is 13.0 Å². The molecule has 7 heteroatoms. The van der Waals surface area contributed by atoms with Crippen molar-refractivity contribution in [3.8, 4) is 22.9 Å². The Bertz CT molecular complexity index is 1080. The summed E-state index contributed by atoms with van der Waals surface area (Å²) in [7, 11) is 7.08. The van der Waals surface area contributed by atoms with Gasteiger partial charge in [-0.15, -0.1) is 0 Å². The van der Waals surface area contributed by atoms with Crippen LogP contribution in [0.25, 0.3) is 11.4 Å². The van der Waals surface area contributed by atoms with Crippen LogP contribution in [0.4, 0.5) is 5.82 Å². The molecule has 0 fully saturated rings. The lowest BCUT2D eigenvalue weighted by Gasteiger charge is -2.31. The predicted octanol–water partition coefficient (Wildman–Crippen LogP) is 3.43. The van der Waals surface area contributed by atoms with Gasteiger partial charge in [0.15, 0.2) is 5.82 Å². The number of fused-ring (bicyclic) bond motifs is 1. The number of carbonyl (C=O) groups is 1. The molecule has 2 aromatic carbocycles. The molecule has 0 radical (unpaired) electrons. The van der Waals surface area contributed by atoms with Gasteiger partial charge in [-0.1, -0.05) is 30.3 Å². The summed E-state index contributed by atoms with van der Waals surface area (Å²) in [6.45, 7) is 1.04. The average molecular weight is 418 g/mol. The molecule has 0 bridgehead atoms. The lowest BCUT2D eigenvalue weighted by Crippen LogP contribution is -2.37. The Balaban J connectivity index is 1.68. The van der Waals surface area contributed by atoms with Gasteiger partial charge in [-0.3, -0.25) is 4.79 Å². The monoisotopic (exact) mass is 418 g/mol. The molecule has 7 nitrogen and oxygen atoms in total. The first-order chi connectivity index (χ1) is 15.0. The number of hydrogen-bond acceptors (Lipinski definition) is 6. The molecule has 4 rings (SSSR count). The number of aromatic nitrogens is 2. The van der Waals surface area contributed by atoms with Crippen molar-refractivity contribution in [1.29, 1.82) is 0 Å². The number of anilines is 1. The number of ether oxygens (including phenoxy) is 2. The second-order valence-corrected chi connectivity index (χ2v) is 7.63. The fourth-order valence-electron chi connectivity index (χ4n) is 3.77. The van der Waals surface area contributed by atoms with Gasteiger partial charge in [0.1, 0.15) is 17.3 Å². The standard InChI is InChI=1S/C24H26N4O3/c1-27(2)23-20-15-28(24(29)17-12-18(30-3)14-19(13-17)31-4)11-10-21(20)25-22(26-23)16-8-6-5-7-9-16/h5-9,12-14H,10-11,15H2,1-4H3. The smallest absolute Gasteiger partial charge is 0.254 e. The molecule has 1 amide bonds. The normalized spacial score (nSPS) is 12.8. The third-order valence-corrected chi connectivity index (χ3v) is 5.38. The summed E-state index contributed by atoms with van der Waals surface area (Å²) in [5.74, 6) is 2.65. The van der Waals surface area contributed by atoms with Gasteiger partial charge in [-0.25, -0.2) is 9.97 Å². The van der Waals surface area contributed by atoms with Gasteiger partial charge in [0, 0.05) is 49.8 Å². The second-order valence-electron chi connectivity index (χ2n) is 7.63. The van der Waals surface area contributed by atoms with E-state index in [9.17, 15) is 4.79 Å². The topological polar surface area (TPSA) is 67.8 Å². The maximum absolute atomic E-state index is 13.3. The van der Waals surface area contributed by atoms with E-state index in [1.165, 1.54) is 0 Å². The number of rotatable bonds is 5. The van der Waals surface area contributed by atoms with Crippen molar-refractivity contribution in [2.75, 3.05) is 39.8 Å². The fraction of sp³-hybridized carbons (Fsp3) is 0.292. The minimum atomic E-state index is -0.0697. The van der Waals surface area contributed by atoms with Crippen LogP contribution in [0.15, 0.2) is 48.5 Å². The summed E-state index contributed by atoms with van der Waals surface area (Å²) in [4.78, 5) is 26.7. The third kappa shape index (κ3) is 4.17. The lowest BCUT2D eigenvalue weighted by atomic mass is 10.0. The Morgan fingerprint density at radius 1 is 1.00 bits per heavy atom. The van der Waals surface area contributed by atoms with Crippen LogP contribution in [0.3, 0.4) is 0 Å². The van der Waals surface area contributed by atoms with Gasteiger partial charge < -0.3 is 19.3 Å². The Labute approximate surface area is 182 Å². The molecule has 0 saturated heterocycles. The highest BCUT2D eigenvalue weighted by molar-refractivity contribution is 5.95. The Morgan fingerprint density at radius 2 is 1.68 bits per heavy atom. The van der Waals surface area contributed by atoms with E-state index in [1.54, 1.807) is 32.4 Å². The van der Waals surface area contributed by atoms with Crippen LogP contribution >= 0.6 is 0 Å². The first kappa shape index (κ1) is 20.7. The van der Waals surface area contributed by atoms with Crippen molar-refractivity contribution in [2.24, 2.45) is 0 Å². The number of methoxy groups -OCH3 is 2. The fourth-order valence-corrected chi connectivity index (χ4v) is 3.77. The SMILES string of the molecule is COc1cc(OC)cc(C(=O)N2CCc3nc(-c4ccccc4)nc(N(C)C)c3C2)c1. The van der Waals surface area contributed by atoms with Crippen LogP contribution in [-0.4, -0.2) is 55.6 Å². The zero-order chi connectivity index (χ0) is 22.0. The van der Waals surface area contributed by atoms with E-state index >= 15 is 0 Å². The van der Waals surface area contributed by atoms with Gasteiger partial charge in [0.25, 0.3) is 5.91 Å². The molecule has 0 unspecified atom stereocenters. The van der Waals surface area contributed by atoms with E-state index in [2.05, 4.69) is 0 Å². The predicted molar refractivity (Wildman–Crippen MR) is 120 cm³/mol. The van der Waals surface area contributed by atoms with E-state index in [-0.39, 0.29) is 5.91 Å². The quantitative estimate of drug-likeness (QED) is 0.633. The second kappa shape index (κ2) is 8.63. The Morgan fingerprint density at radius 3 is 2.29 bits per heavy atom. The lowest BCUT2D eigenvalue weighted by molar-refractivity contribution is 0.0733. The molecule has 3 aromatic rings. The van der Waals surface area contributed by atoms with E-state index < -0.39 is 0 Å². The highest BCUT2D eigenvalue weighted by atomic mass is 16.5. The van der Waals surface area contributed by atoms with Gasteiger partial charge >= 0.3 is 0 Å². The highest BCUT2D eigenvalue weighted by Crippen LogP contribution is 2.30. The van der Waals surface area contributed by atoms with Crippen LogP contribution < -0.4 is 14.4 Å². The van der Waals surface area contributed by atoms with Gasteiger partial charge in [-0.2, -0.15) is 0 Å². The van der Waals surface area contributed by atoms with E-state index in [4.69, 9.17) is 19.4 Å².